The minimum atomic E-state index is -1.51. The quantitative estimate of drug-likeness (QED) is 0.648. The zero-order chi connectivity index (χ0) is 14.0. The van der Waals surface area contributed by atoms with E-state index in [4.69, 9.17) is 4.74 Å². The number of aliphatic hydroxyl groups is 2. The number of aliphatic hydroxyl groups excluding tert-OH is 1. The van der Waals surface area contributed by atoms with E-state index in [-0.39, 0.29) is 29.4 Å². The molecule has 19 heavy (non-hydrogen) atoms. The third kappa shape index (κ3) is 1.77. The Hall–Kier alpha value is -0.870. The molecular formula is C15H22O4. The Morgan fingerprint density at radius 1 is 1.32 bits per heavy atom. The van der Waals surface area contributed by atoms with E-state index in [0.29, 0.717) is 5.92 Å². The first-order chi connectivity index (χ1) is 8.74. The number of cyclic esters (lactones) is 1. The van der Waals surface area contributed by atoms with Gasteiger partial charge in [0, 0.05) is 0 Å². The number of ether oxygens (including phenoxy) is 1. The zero-order valence-electron chi connectivity index (χ0n) is 11.7. The molecule has 1 aliphatic heterocycles. The van der Waals surface area contributed by atoms with Crippen LogP contribution in [0.2, 0.25) is 0 Å². The molecule has 1 saturated carbocycles. The van der Waals surface area contributed by atoms with Gasteiger partial charge >= 0.3 is 5.97 Å². The molecule has 2 aliphatic carbocycles. The Kier molecular flexibility index (Phi) is 2.64. The van der Waals surface area contributed by atoms with Crippen LogP contribution in [0, 0.1) is 23.2 Å². The SMILES string of the molecule is C[C@H]1C=C2C(=O)OC[C@]2(O)[C@@H](O)[C@@H]2CC(C)(C)C[C@@H]21. The second-order valence-electron chi connectivity index (χ2n) is 7.28. The van der Waals surface area contributed by atoms with Crippen LogP contribution >= 0.6 is 0 Å². The van der Waals surface area contributed by atoms with E-state index in [1.807, 2.05) is 6.08 Å². The number of carbonyl (C=O) groups excluding carboxylic acids is 1. The van der Waals surface area contributed by atoms with Crippen LogP contribution in [0.4, 0.5) is 0 Å². The summed E-state index contributed by atoms with van der Waals surface area (Å²) in [7, 11) is 0. The molecule has 0 aromatic heterocycles. The molecule has 0 aromatic carbocycles. The summed E-state index contributed by atoms with van der Waals surface area (Å²) in [6.07, 6.45) is 2.80. The summed E-state index contributed by atoms with van der Waals surface area (Å²) in [5.41, 5.74) is -1.07. The maximum absolute atomic E-state index is 11.7. The molecule has 5 atom stereocenters. The van der Waals surface area contributed by atoms with Crippen LogP contribution < -0.4 is 0 Å². The van der Waals surface area contributed by atoms with Gasteiger partial charge in [-0.15, -0.1) is 0 Å². The molecule has 1 saturated heterocycles. The van der Waals surface area contributed by atoms with E-state index in [1.54, 1.807) is 0 Å². The highest BCUT2D eigenvalue weighted by Gasteiger charge is 2.58. The Morgan fingerprint density at radius 2 is 1.95 bits per heavy atom. The van der Waals surface area contributed by atoms with Gasteiger partial charge in [0.25, 0.3) is 0 Å². The van der Waals surface area contributed by atoms with Gasteiger partial charge in [-0.2, -0.15) is 0 Å². The van der Waals surface area contributed by atoms with Crippen molar-refractivity contribution < 1.29 is 19.7 Å². The topological polar surface area (TPSA) is 66.8 Å². The van der Waals surface area contributed by atoms with E-state index in [1.165, 1.54) is 0 Å². The smallest absolute Gasteiger partial charge is 0.336 e. The van der Waals surface area contributed by atoms with Crippen molar-refractivity contribution in [3.05, 3.63) is 11.6 Å². The van der Waals surface area contributed by atoms with Crippen molar-refractivity contribution in [2.45, 2.75) is 45.3 Å². The number of allylic oxidation sites excluding steroid dienone is 1. The number of rotatable bonds is 0. The molecule has 2 N–H and O–H groups in total. The second-order valence-corrected chi connectivity index (χ2v) is 7.28. The first-order valence-corrected chi connectivity index (χ1v) is 7.04. The van der Waals surface area contributed by atoms with Crippen LogP contribution in [0.25, 0.3) is 0 Å². The lowest BCUT2D eigenvalue weighted by Gasteiger charge is -2.32. The summed E-state index contributed by atoms with van der Waals surface area (Å²) in [6, 6.07) is 0. The average Bonchev–Trinajstić information content (AvgIpc) is 2.78. The molecule has 0 amide bonds. The largest absolute Gasteiger partial charge is 0.459 e. The van der Waals surface area contributed by atoms with Crippen LogP contribution in [0.5, 0.6) is 0 Å². The Morgan fingerprint density at radius 3 is 2.63 bits per heavy atom. The Labute approximate surface area is 113 Å². The summed E-state index contributed by atoms with van der Waals surface area (Å²) in [5, 5.41) is 21.3. The summed E-state index contributed by atoms with van der Waals surface area (Å²) >= 11 is 0. The van der Waals surface area contributed by atoms with Gasteiger partial charge in [-0.25, -0.2) is 4.79 Å². The Bertz CT molecular complexity index is 453. The van der Waals surface area contributed by atoms with Gasteiger partial charge in [0.15, 0.2) is 5.60 Å². The molecule has 4 heteroatoms. The fourth-order valence-electron chi connectivity index (χ4n) is 4.29. The summed E-state index contributed by atoms with van der Waals surface area (Å²) in [4.78, 5) is 11.7. The normalized spacial score (nSPS) is 48.1. The van der Waals surface area contributed by atoms with Crippen molar-refractivity contribution in [1.29, 1.82) is 0 Å². The van der Waals surface area contributed by atoms with Gasteiger partial charge < -0.3 is 14.9 Å². The molecule has 1 heterocycles. The standard InChI is InChI=1S/C15H22O4/c1-8-4-11-13(17)19-7-15(11,18)12(16)10-6-14(2,3)5-9(8)10/h4,8-10,12,16,18H,5-7H2,1-3H3/t8-,9+,10+,12-,15+/m0/s1. The molecule has 2 fully saturated rings. The van der Waals surface area contributed by atoms with Gasteiger partial charge in [-0.1, -0.05) is 26.8 Å². The highest BCUT2D eigenvalue weighted by atomic mass is 16.6. The highest BCUT2D eigenvalue weighted by Crippen LogP contribution is 2.54. The molecule has 0 unspecified atom stereocenters. The van der Waals surface area contributed by atoms with Gasteiger partial charge in [0.05, 0.1) is 11.7 Å². The van der Waals surface area contributed by atoms with Crippen LogP contribution in [0.15, 0.2) is 11.6 Å². The van der Waals surface area contributed by atoms with Crippen molar-refractivity contribution in [1.82, 2.24) is 0 Å². The first kappa shape index (κ1) is 13.1. The van der Waals surface area contributed by atoms with Crippen LogP contribution in [-0.2, 0) is 9.53 Å². The van der Waals surface area contributed by atoms with Gasteiger partial charge in [0.1, 0.15) is 6.61 Å². The predicted molar refractivity (Wildman–Crippen MR) is 69.2 cm³/mol. The number of esters is 1. The van der Waals surface area contributed by atoms with E-state index < -0.39 is 17.7 Å². The number of hydrogen-bond acceptors (Lipinski definition) is 4. The Balaban J connectivity index is 2.05. The van der Waals surface area contributed by atoms with Gasteiger partial charge in [-0.05, 0) is 36.0 Å². The number of hydrogen-bond donors (Lipinski definition) is 2. The van der Waals surface area contributed by atoms with Crippen LogP contribution in [0.1, 0.15) is 33.6 Å². The summed E-state index contributed by atoms with van der Waals surface area (Å²) in [6.45, 7) is 6.35. The van der Waals surface area contributed by atoms with Crippen molar-refractivity contribution in [3.8, 4) is 0 Å². The molecule has 0 radical (unpaired) electrons. The van der Waals surface area contributed by atoms with Gasteiger partial charge in [0.2, 0.25) is 0 Å². The molecule has 106 valence electrons. The molecule has 0 aromatic rings. The molecular weight excluding hydrogens is 244 g/mol. The van der Waals surface area contributed by atoms with E-state index in [2.05, 4.69) is 20.8 Å². The van der Waals surface area contributed by atoms with Crippen LogP contribution in [0.3, 0.4) is 0 Å². The maximum Gasteiger partial charge on any atom is 0.336 e. The lowest BCUT2D eigenvalue weighted by molar-refractivity contribution is -0.136. The minimum Gasteiger partial charge on any atom is -0.459 e. The average molecular weight is 266 g/mol. The summed E-state index contributed by atoms with van der Waals surface area (Å²) < 4.78 is 4.96. The van der Waals surface area contributed by atoms with Crippen LogP contribution in [-0.4, -0.2) is 34.5 Å². The highest BCUT2D eigenvalue weighted by molar-refractivity contribution is 5.93. The molecule has 3 rings (SSSR count). The lowest BCUT2D eigenvalue weighted by atomic mass is 9.79. The molecule has 3 aliphatic rings. The van der Waals surface area contributed by atoms with Crippen molar-refractivity contribution in [2.75, 3.05) is 6.61 Å². The fraction of sp³-hybridized carbons (Fsp3) is 0.800. The summed E-state index contributed by atoms with van der Waals surface area (Å²) in [5.74, 6) is 0.0434. The monoisotopic (exact) mass is 266 g/mol. The van der Waals surface area contributed by atoms with E-state index in [9.17, 15) is 15.0 Å². The van der Waals surface area contributed by atoms with E-state index in [0.717, 1.165) is 12.8 Å². The predicted octanol–water partition coefficient (Wildman–Crippen LogP) is 1.26. The fourth-order valence-corrected chi connectivity index (χ4v) is 4.29. The van der Waals surface area contributed by atoms with Crippen molar-refractivity contribution in [2.24, 2.45) is 23.2 Å². The molecule has 0 bridgehead atoms. The first-order valence-electron chi connectivity index (χ1n) is 7.04. The van der Waals surface area contributed by atoms with E-state index >= 15 is 0 Å². The molecule has 0 spiro atoms. The maximum atomic E-state index is 11.7. The zero-order valence-corrected chi connectivity index (χ0v) is 11.7. The minimum absolute atomic E-state index is 0.0262. The third-order valence-corrected chi connectivity index (χ3v) is 5.24. The van der Waals surface area contributed by atoms with Crippen molar-refractivity contribution >= 4 is 5.97 Å². The van der Waals surface area contributed by atoms with Crippen molar-refractivity contribution in [3.63, 3.8) is 0 Å². The molecule has 4 nitrogen and oxygen atoms in total. The van der Waals surface area contributed by atoms with Gasteiger partial charge in [-0.3, -0.25) is 0 Å². The number of carbonyl (C=O) groups is 1. The lowest BCUT2D eigenvalue weighted by Crippen LogP contribution is -2.48. The second kappa shape index (κ2) is 3.83. The number of fused-ring (bicyclic) bond motifs is 2. The third-order valence-electron chi connectivity index (χ3n) is 5.24.